The summed E-state index contributed by atoms with van der Waals surface area (Å²) < 4.78 is 7.33. The molecule has 0 spiro atoms. The molecule has 0 saturated heterocycles. The molecule has 1 amide bonds. The lowest BCUT2D eigenvalue weighted by Gasteiger charge is -2.12. The third-order valence-corrected chi connectivity index (χ3v) is 3.95. The van der Waals surface area contributed by atoms with E-state index in [-0.39, 0.29) is 18.1 Å². The average molecular weight is 351 g/mol. The van der Waals surface area contributed by atoms with Gasteiger partial charge in [-0.2, -0.15) is 0 Å². The summed E-state index contributed by atoms with van der Waals surface area (Å²) in [4.78, 5) is 28.3. The number of nitrogens with one attached hydrogen (secondary N) is 1. The first kappa shape index (κ1) is 17.7. The Morgan fingerprint density at radius 3 is 2.88 bits per heavy atom. The summed E-state index contributed by atoms with van der Waals surface area (Å²) in [7, 11) is 0. The van der Waals surface area contributed by atoms with Crippen molar-refractivity contribution in [1.82, 2.24) is 9.38 Å². The van der Waals surface area contributed by atoms with Crippen molar-refractivity contribution < 1.29 is 9.53 Å². The summed E-state index contributed by atoms with van der Waals surface area (Å²) in [5.74, 6) is 0.626. The number of hydrogen-bond acceptors (Lipinski definition) is 4. The molecule has 134 valence electrons. The van der Waals surface area contributed by atoms with Gasteiger partial charge in [-0.25, -0.2) is 4.98 Å². The van der Waals surface area contributed by atoms with Crippen LogP contribution in [0.15, 0.2) is 53.5 Å². The highest BCUT2D eigenvalue weighted by Crippen LogP contribution is 2.23. The van der Waals surface area contributed by atoms with E-state index in [1.54, 1.807) is 24.4 Å². The third-order valence-electron chi connectivity index (χ3n) is 3.95. The van der Waals surface area contributed by atoms with Crippen molar-refractivity contribution >= 4 is 17.2 Å². The van der Waals surface area contributed by atoms with E-state index in [0.29, 0.717) is 29.2 Å². The molecule has 6 heteroatoms. The zero-order valence-corrected chi connectivity index (χ0v) is 14.9. The van der Waals surface area contributed by atoms with Gasteiger partial charge in [0, 0.05) is 30.4 Å². The predicted molar refractivity (Wildman–Crippen MR) is 101 cm³/mol. The molecule has 0 radical (unpaired) electrons. The van der Waals surface area contributed by atoms with Gasteiger partial charge in [-0.1, -0.05) is 19.1 Å². The molecular formula is C20H21N3O3. The maximum atomic E-state index is 12.1. The molecule has 0 aliphatic heterocycles. The second-order valence-electron chi connectivity index (χ2n) is 6.08. The fourth-order valence-electron chi connectivity index (χ4n) is 2.61. The number of anilines is 1. The number of amides is 1. The molecule has 2 aromatic heterocycles. The Balaban J connectivity index is 1.77. The Hall–Kier alpha value is -3.15. The molecule has 0 atom stereocenters. The van der Waals surface area contributed by atoms with Crippen LogP contribution in [0, 0.1) is 6.92 Å². The Morgan fingerprint density at radius 1 is 1.23 bits per heavy atom. The number of ether oxygens (including phenoxy) is 1. The fraction of sp³-hybridized carbons (Fsp3) is 0.250. The van der Waals surface area contributed by atoms with Gasteiger partial charge < -0.3 is 10.1 Å². The average Bonchev–Trinajstić information content (AvgIpc) is 2.62. The van der Waals surface area contributed by atoms with E-state index >= 15 is 0 Å². The van der Waals surface area contributed by atoms with Crippen LogP contribution in [0.25, 0.3) is 5.65 Å². The highest BCUT2D eigenvalue weighted by molar-refractivity contribution is 5.90. The lowest BCUT2D eigenvalue weighted by molar-refractivity contribution is -0.116. The van der Waals surface area contributed by atoms with E-state index in [4.69, 9.17) is 4.74 Å². The minimum Gasteiger partial charge on any atom is -0.487 e. The molecular weight excluding hydrogens is 330 g/mol. The summed E-state index contributed by atoms with van der Waals surface area (Å²) in [6, 6.07) is 12.4. The molecule has 0 fully saturated rings. The molecule has 6 nitrogen and oxygen atoms in total. The number of aromatic nitrogens is 2. The number of carbonyl (C=O) groups is 1. The van der Waals surface area contributed by atoms with Crippen molar-refractivity contribution in [2.75, 3.05) is 5.32 Å². The molecule has 0 aliphatic rings. The first-order valence-corrected chi connectivity index (χ1v) is 8.57. The molecule has 3 aromatic rings. The van der Waals surface area contributed by atoms with Crippen LogP contribution in [0.1, 0.15) is 31.0 Å². The van der Waals surface area contributed by atoms with Crippen LogP contribution in [-0.2, 0) is 11.4 Å². The van der Waals surface area contributed by atoms with Crippen molar-refractivity contribution in [1.29, 1.82) is 0 Å². The minimum atomic E-state index is -0.147. The van der Waals surface area contributed by atoms with E-state index < -0.39 is 0 Å². The lowest BCUT2D eigenvalue weighted by Crippen LogP contribution is -2.16. The summed E-state index contributed by atoms with van der Waals surface area (Å²) in [6.07, 6.45) is 2.96. The van der Waals surface area contributed by atoms with Gasteiger partial charge in [-0.3, -0.25) is 14.0 Å². The third kappa shape index (κ3) is 4.08. The Labute approximate surface area is 151 Å². The van der Waals surface area contributed by atoms with Gasteiger partial charge in [0.05, 0.1) is 5.69 Å². The molecule has 2 heterocycles. The number of pyridine rings is 1. The van der Waals surface area contributed by atoms with Gasteiger partial charge >= 0.3 is 0 Å². The van der Waals surface area contributed by atoms with E-state index in [2.05, 4.69) is 10.3 Å². The number of rotatable bonds is 6. The van der Waals surface area contributed by atoms with Crippen molar-refractivity contribution in [3.63, 3.8) is 0 Å². The van der Waals surface area contributed by atoms with Gasteiger partial charge in [0.25, 0.3) is 5.56 Å². The predicted octanol–water partition coefficient (Wildman–Crippen LogP) is 3.32. The molecule has 26 heavy (non-hydrogen) atoms. The summed E-state index contributed by atoms with van der Waals surface area (Å²) in [6.45, 7) is 4.06. The van der Waals surface area contributed by atoms with Crippen LogP contribution in [0.4, 0.5) is 5.69 Å². The summed E-state index contributed by atoms with van der Waals surface area (Å²) >= 11 is 0. The van der Waals surface area contributed by atoms with Crippen LogP contribution in [0.3, 0.4) is 0 Å². The van der Waals surface area contributed by atoms with Crippen molar-refractivity contribution in [3.05, 3.63) is 70.3 Å². The largest absolute Gasteiger partial charge is 0.487 e. The zero-order chi connectivity index (χ0) is 18.5. The van der Waals surface area contributed by atoms with E-state index in [0.717, 1.165) is 12.0 Å². The van der Waals surface area contributed by atoms with Crippen molar-refractivity contribution in [3.8, 4) is 5.75 Å². The standard InChI is InChI=1S/C20H21N3O3/c1-3-6-19(24)22-15-9-8-14(2)17(11-15)26-13-16-12-20(25)23-10-5-4-7-18(23)21-16/h4-5,7-12H,3,6,13H2,1-2H3,(H,22,24). The SMILES string of the molecule is CCCC(=O)Nc1ccc(C)c(OCc2cc(=O)n3ccccc3n2)c1. The maximum Gasteiger partial charge on any atom is 0.258 e. The molecule has 3 rings (SSSR count). The highest BCUT2D eigenvalue weighted by Gasteiger charge is 2.07. The van der Waals surface area contributed by atoms with Gasteiger partial charge in [0.1, 0.15) is 18.0 Å². The first-order chi connectivity index (χ1) is 12.6. The Kier molecular flexibility index (Phi) is 5.31. The Morgan fingerprint density at radius 2 is 2.08 bits per heavy atom. The van der Waals surface area contributed by atoms with Crippen LogP contribution in [0.2, 0.25) is 0 Å². The van der Waals surface area contributed by atoms with E-state index in [1.807, 2.05) is 32.0 Å². The molecule has 1 aromatic carbocycles. The molecule has 0 aliphatic carbocycles. The topological polar surface area (TPSA) is 72.7 Å². The smallest absolute Gasteiger partial charge is 0.258 e. The number of carbonyl (C=O) groups excluding carboxylic acids is 1. The zero-order valence-electron chi connectivity index (χ0n) is 14.9. The number of aryl methyl sites for hydroxylation is 1. The molecule has 1 N–H and O–H groups in total. The Bertz CT molecular complexity index is 995. The highest BCUT2D eigenvalue weighted by atomic mass is 16.5. The van der Waals surface area contributed by atoms with Crippen LogP contribution < -0.4 is 15.6 Å². The van der Waals surface area contributed by atoms with Gasteiger partial charge in [-0.05, 0) is 37.1 Å². The minimum absolute atomic E-state index is 0.0217. The van der Waals surface area contributed by atoms with E-state index in [1.165, 1.54) is 10.5 Å². The van der Waals surface area contributed by atoms with Gasteiger partial charge in [0.2, 0.25) is 5.91 Å². The quantitative estimate of drug-likeness (QED) is 0.739. The van der Waals surface area contributed by atoms with Crippen LogP contribution >= 0.6 is 0 Å². The number of hydrogen-bond donors (Lipinski definition) is 1. The second kappa shape index (κ2) is 7.82. The number of benzene rings is 1. The molecule has 0 saturated carbocycles. The number of nitrogens with zero attached hydrogens (tertiary/aromatic N) is 2. The maximum absolute atomic E-state index is 12.1. The molecule has 0 unspecified atom stereocenters. The second-order valence-corrected chi connectivity index (χ2v) is 6.08. The van der Waals surface area contributed by atoms with E-state index in [9.17, 15) is 9.59 Å². The van der Waals surface area contributed by atoms with Crippen molar-refractivity contribution in [2.45, 2.75) is 33.3 Å². The first-order valence-electron chi connectivity index (χ1n) is 8.57. The monoisotopic (exact) mass is 351 g/mol. The lowest BCUT2D eigenvalue weighted by atomic mass is 10.2. The normalized spacial score (nSPS) is 10.7. The van der Waals surface area contributed by atoms with Crippen LogP contribution in [0.5, 0.6) is 5.75 Å². The van der Waals surface area contributed by atoms with Crippen LogP contribution in [-0.4, -0.2) is 15.3 Å². The van der Waals surface area contributed by atoms with Gasteiger partial charge in [-0.15, -0.1) is 0 Å². The number of fused-ring (bicyclic) bond motifs is 1. The molecule has 0 bridgehead atoms. The van der Waals surface area contributed by atoms with Gasteiger partial charge in [0.15, 0.2) is 0 Å². The summed E-state index contributed by atoms with van der Waals surface area (Å²) in [5.41, 5.74) is 2.62. The summed E-state index contributed by atoms with van der Waals surface area (Å²) in [5, 5.41) is 2.85. The van der Waals surface area contributed by atoms with Crippen molar-refractivity contribution in [2.24, 2.45) is 0 Å². The fourth-order valence-corrected chi connectivity index (χ4v) is 2.61.